The molecule has 0 radical (unpaired) electrons. The van der Waals surface area contributed by atoms with E-state index in [1.54, 1.807) is 11.8 Å². The van der Waals surface area contributed by atoms with Crippen LogP contribution in [0.25, 0.3) is 21.7 Å². The number of nitrogens with zero attached hydrogens (tertiary/aromatic N) is 1. The van der Waals surface area contributed by atoms with E-state index in [9.17, 15) is 0 Å². The van der Waals surface area contributed by atoms with E-state index in [0.717, 1.165) is 21.7 Å². The fourth-order valence-corrected chi connectivity index (χ4v) is 3.33. The largest absolute Gasteiger partial charge is 0.375 e. The summed E-state index contributed by atoms with van der Waals surface area (Å²) in [5.74, 6) is 0. The zero-order valence-electron chi connectivity index (χ0n) is 11.4. The lowest BCUT2D eigenvalue weighted by molar-refractivity contribution is 1.39. The quantitative estimate of drug-likeness (QED) is 0.623. The molecule has 0 aliphatic rings. The van der Waals surface area contributed by atoms with Crippen LogP contribution in [0.3, 0.4) is 0 Å². The Bertz CT molecular complexity index is 709. The SMILES string of the molecule is Br.CSc1ccc(-c2nc(N)sc2-c2ccccc2)cc1. The van der Waals surface area contributed by atoms with E-state index in [1.807, 2.05) is 18.2 Å². The van der Waals surface area contributed by atoms with E-state index in [1.165, 1.54) is 16.2 Å². The third kappa shape index (κ3) is 3.48. The lowest BCUT2D eigenvalue weighted by atomic mass is 10.1. The minimum absolute atomic E-state index is 0. The third-order valence-corrected chi connectivity index (χ3v) is 4.72. The molecule has 5 heteroatoms. The Morgan fingerprint density at radius 2 is 1.62 bits per heavy atom. The molecule has 21 heavy (non-hydrogen) atoms. The maximum Gasteiger partial charge on any atom is 0.181 e. The van der Waals surface area contributed by atoms with Crippen LogP contribution in [0.15, 0.2) is 59.5 Å². The molecule has 0 bridgehead atoms. The van der Waals surface area contributed by atoms with Gasteiger partial charge in [-0.3, -0.25) is 0 Å². The number of rotatable bonds is 3. The first-order valence-electron chi connectivity index (χ1n) is 6.24. The molecule has 2 N–H and O–H groups in total. The summed E-state index contributed by atoms with van der Waals surface area (Å²) in [4.78, 5) is 6.88. The molecule has 108 valence electrons. The number of thiazole rings is 1. The second kappa shape index (κ2) is 7.11. The number of hydrogen-bond donors (Lipinski definition) is 1. The number of halogens is 1. The fourth-order valence-electron chi connectivity index (χ4n) is 2.07. The van der Waals surface area contributed by atoms with E-state index in [4.69, 9.17) is 5.73 Å². The summed E-state index contributed by atoms with van der Waals surface area (Å²) < 4.78 is 0. The first kappa shape index (κ1) is 16.1. The highest BCUT2D eigenvalue weighted by atomic mass is 79.9. The van der Waals surface area contributed by atoms with Crippen molar-refractivity contribution in [3.63, 3.8) is 0 Å². The van der Waals surface area contributed by atoms with Gasteiger partial charge in [0.1, 0.15) is 0 Å². The van der Waals surface area contributed by atoms with E-state index in [2.05, 4.69) is 47.6 Å². The van der Waals surface area contributed by atoms with Crippen LogP contribution < -0.4 is 5.73 Å². The van der Waals surface area contributed by atoms with Gasteiger partial charge >= 0.3 is 0 Å². The molecule has 0 unspecified atom stereocenters. The van der Waals surface area contributed by atoms with Crippen molar-refractivity contribution in [2.24, 2.45) is 0 Å². The average Bonchev–Trinajstić information content (AvgIpc) is 2.90. The second-order valence-electron chi connectivity index (χ2n) is 4.32. The summed E-state index contributed by atoms with van der Waals surface area (Å²) in [5.41, 5.74) is 9.14. The average molecular weight is 379 g/mol. The van der Waals surface area contributed by atoms with Crippen LogP contribution in [0.2, 0.25) is 0 Å². The van der Waals surface area contributed by atoms with Crippen molar-refractivity contribution in [2.45, 2.75) is 4.90 Å². The van der Waals surface area contributed by atoms with Crippen LogP contribution >= 0.6 is 40.1 Å². The van der Waals surface area contributed by atoms with Crippen molar-refractivity contribution in [2.75, 3.05) is 12.0 Å². The smallest absolute Gasteiger partial charge is 0.181 e. The molecule has 1 heterocycles. The molecule has 2 aromatic carbocycles. The Hall–Kier alpha value is -1.30. The number of anilines is 1. The highest BCUT2D eigenvalue weighted by Gasteiger charge is 2.13. The van der Waals surface area contributed by atoms with Gasteiger partial charge in [0.15, 0.2) is 5.13 Å². The number of thioether (sulfide) groups is 1. The Kier molecular flexibility index (Phi) is 5.45. The molecule has 0 saturated heterocycles. The van der Waals surface area contributed by atoms with Gasteiger partial charge in [0.2, 0.25) is 0 Å². The Labute approximate surface area is 143 Å². The Morgan fingerprint density at radius 1 is 0.952 bits per heavy atom. The second-order valence-corrected chi connectivity index (χ2v) is 6.23. The van der Waals surface area contributed by atoms with Crippen molar-refractivity contribution in [3.05, 3.63) is 54.6 Å². The molecule has 0 fully saturated rings. The molecule has 3 rings (SSSR count). The minimum Gasteiger partial charge on any atom is -0.375 e. The molecular weight excluding hydrogens is 364 g/mol. The first-order valence-corrected chi connectivity index (χ1v) is 8.28. The maximum atomic E-state index is 5.91. The predicted octanol–water partition coefficient (Wildman–Crippen LogP) is 5.36. The van der Waals surface area contributed by atoms with E-state index >= 15 is 0 Å². The molecule has 2 nitrogen and oxygen atoms in total. The molecule has 0 amide bonds. The van der Waals surface area contributed by atoms with E-state index < -0.39 is 0 Å². The van der Waals surface area contributed by atoms with Crippen LogP contribution in [-0.4, -0.2) is 11.2 Å². The van der Waals surface area contributed by atoms with Crippen molar-refractivity contribution < 1.29 is 0 Å². The molecule has 1 aromatic heterocycles. The molecule has 0 aliphatic carbocycles. The van der Waals surface area contributed by atoms with E-state index in [0.29, 0.717) is 5.13 Å². The summed E-state index contributed by atoms with van der Waals surface area (Å²) in [6.45, 7) is 0. The number of hydrogen-bond acceptors (Lipinski definition) is 4. The zero-order chi connectivity index (χ0) is 13.9. The van der Waals surface area contributed by atoms with Gasteiger partial charge in [-0.25, -0.2) is 4.98 Å². The molecule has 0 spiro atoms. The molecule has 0 saturated carbocycles. The van der Waals surface area contributed by atoms with Crippen molar-refractivity contribution in [1.82, 2.24) is 4.98 Å². The van der Waals surface area contributed by atoms with Crippen molar-refractivity contribution >= 4 is 45.2 Å². The van der Waals surface area contributed by atoms with Gasteiger partial charge in [-0.1, -0.05) is 53.8 Å². The van der Waals surface area contributed by atoms with Crippen LogP contribution in [0.4, 0.5) is 5.13 Å². The summed E-state index contributed by atoms with van der Waals surface area (Å²) >= 11 is 3.27. The van der Waals surface area contributed by atoms with Crippen LogP contribution in [-0.2, 0) is 0 Å². The predicted molar refractivity (Wildman–Crippen MR) is 99.5 cm³/mol. The molecule has 3 aromatic rings. The number of nitrogens with two attached hydrogens (primary N) is 1. The highest BCUT2D eigenvalue weighted by Crippen LogP contribution is 2.38. The lowest BCUT2D eigenvalue weighted by Crippen LogP contribution is -1.84. The summed E-state index contributed by atoms with van der Waals surface area (Å²) in [6.07, 6.45) is 2.07. The van der Waals surface area contributed by atoms with Crippen molar-refractivity contribution in [1.29, 1.82) is 0 Å². The summed E-state index contributed by atoms with van der Waals surface area (Å²) in [6, 6.07) is 18.7. The lowest BCUT2D eigenvalue weighted by Gasteiger charge is -2.03. The first-order chi connectivity index (χ1) is 9.78. The molecule has 0 aliphatic heterocycles. The van der Waals surface area contributed by atoms with Gasteiger partial charge in [0.05, 0.1) is 10.6 Å². The van der Waals surface area contributed by atoms with Gasteiger partial charge in [0.25, 0.3) is 0 Å². The minimum atomic E-state index is 0. The van der Waals surface area contributed by atoms with Gasteiger partial charge in [0, 0.05) is 10.5 Å². The van der Waals surface area contributed by atoms with Crippen LogP contribution in [0, 0.1) is 0 Å². The van der Waals surface area contributed by atoms with Gasteiger partial charge in [-0.15, -0.1) is 28.7 Å². The van der Waals surface area contributed by atoms with Gasteiger partial charge in [-0.05, 0) is 24.0 Å². The third-order valence-electron chi connectivity index (χ3n) is 3.04. The number of benzene rings is 2. The maximum absolute atomic E-state index is 5.91. The van der Waals surface area contributed by atoms with Gasteiger partial charge < -0.3 is 5.73 Å². The monoisotopic (exact) mass is 378 g/mol. The summed E-state index contributed by atoms with van der Waals surface area (Å²) in [7, 11) is 0. The van der Waals surface area contributed by atoms with Crippen molar-refractivity contribution in [3.8, 4) is 21.7 Å². The number of aromatic nitrogens is 1. The summed E-state index contributed by atoms with van der Waals surface area (Å²) in [5, 5.41) is 0.604. The molecular formula is C16H15BrN2S2. The van der Waals surface area contributed by atoms with Gasteiger partial charge in [-0.2, -0.15) is 0 Å². The normalized spacial score (nSPS) is 10.1. The topological polar surface area (TPSA) is 38.9 Å². The van der Waals surface area contributed by atoms with Crippen LogP contribution in [0.1, 0.15) is 0 Å². The standard InChI is InChI=1S/C16H14N2S2.BrH/c1-19-13-9-7-11(8-10-13)14-15(20-16(17)18-14)12-5-3-2-4-6-12;/h2-10H,1H3,(H2,17,18);1H. The Morgan fingerprint density at radius 3 is 2.24 bits per heavy atom. The molecule has 0 atom stereocenters. The van der Waals surface area contributed by atoms with E-state index in [-0.39, 0.29) is 17.0 Å². The zero-order valence-corrected chi connectivity index (χ0v) is 14.8. The highest BCUT2D eigenvalue weighted by molar-refractivity contribution is 8.93. The Balaban J connectivity index is 0.00000161. The van der Waals surface area contributed by atoms with Crippen LogP contribution in [0.5, 0.6) is 0 Å². The number of nitrogen functional groups attached to an aromatic ring is 1. The fraction of sp³-hybridized carbons (Fsp3) is 0.0625.